The number of rotatable bonds is 7. The maximum absolute atomic E-state index is 10.8. The van der Waals surface area contributed by atoms with Crippen LogP contribution in [-0.4, -0.2) is 45.7 Å². The van der Waals surface area contributed by atoms with E-state index in [-0.39, 0.29) is 30.7 Å². The minimum absolute atomic E-state index is 0.0451. The maximum Gasteiger partial charge on any atom is 0.308 e. The number of ether oxygens (including phenoxy) is 1. The van der Waals surface area contributed by atoms with Gasteiger partial charge in [0.05, 0.1) is 24.7 Å². The molecule has 0 radical (unpaired) electrons. The smallest absolute Gasteiger partial charge is 0.308 e. The van der Waals surface area contributed by atoms with Crippen LogP contribution in [0.15, 0.2) is 0 Å². The Hall–Kier alpha value is -0.650. The zero-order valence-electron chi connectivity index (χ0n) is 13.6. The second-order valence-electron chi connectivity index (χ2n) is 5.73. The summed E-state index contributed by atoms with van der Waals surface area (Å²) < 4.78 is 5.00. The first-order chi connectivity index (χ1) is 9.92. The third kappa shape index (κ3) is 10.7. The van der Waals surface area contributed by atoms with Gasteiger partial charge in [0, 0.05) is 6.42 Å². The molecule has 5 nitrogen and oxygen atoms in total. The fraction of sp³-hybridized carbons (Fsp3) is 0.938. The van der Waals surface area contributed by atoms with Crippen LogP contribution in [0.2, 0.25) is 0 Å². The summed E-state index contributed by atoms with van der Waals surface area (Å²) in [4.78, 5) is 10.8. The molecule has 21 heavy (non-hydrogen) atoms. The van der Waals surface area contributed by atoms with Gasteiger partial charge >= 0.3 is 5.97 Å². The number of aliphatic hydroxyl groups excluding tert-OH is 3. The Labute approximate surface area is 128 Å². The molecule has 4 atom stereocenters. The van der Waals surface area contributed by atoms with E-state index in [4.69, 9.17) is 9.84 Å². The average Bonchev–Trinajstić information content (AvgIpc) is 2.38. The number of carbonyl (C=O) groups excluding carboxylic acids is 1. The highest BCUT2D eigenvalue weighted by Crippen LogP contribution is 2.18. The van der Waals surface area contributed by atoms with E-state index in [1.165, 1.54) is 0 Å². The Morgan fingerprint density at radius 1 is 1.19 bits per heavy atom. The number of esters is 1. The lowest BCUT2D eigenvalue weighted by molar-refractivity contribution is -0.160. The molecule has 1 heterocycles. The first-order valence-corrected chi connectivity index (χ1v) is 8.16. The molecule has 0 spiro atoms. The minimum Gasteiger partial charge on any atom is -0.462 e. The second-order valence-corrected chi connectivity index (χ2v) is 5.73. The lowest BCUT2D eigenvalue weighted by Crippen LogP contribution is -2.32. The predicted molar refractivity (Wildman–Crippen MR) is 81.9 cm³/mol. The monoisotopic (exact) mass is 304 g/mol. The SMILES string of the molecule is CCCC(O)C[C@@H](O)CC.CCCC1C[C@@H](O)CC(=O)O1. The highest BCUT2D eigenvalue weighted by Gasteiger charge is 2.25. The molecule has 1 rings (SSSR count). The van der Waals surface area contributed by atoms with E-state index in [9.17, 15) is 15.0 Å². The second kappa shape index (κ2) is 12.0. The van der Waals surface area contributed by atoms with Crippen molar-refractivity contribution >= 4 is 5.97 Å². The Morgan fingerprint density at radius 2 is 1.86 bits per heavy atom. The van der Waals surface area contributed by atoms with Crippen LogP contribution in [0.25, 0.3) is 0 Å². The van der Waals surface area contributed by atoms with Crippen molar-refractivity contribution < 1.29 is 24.9 Å². The van der Waals surface area contributed by atoms with E-state index in [1.54, 1.807) is 0 Å². The van der Waals surface area contributed by atoms with Crippen LogP contribution in [0.5, 0.6) is 0 Å². The van der Waals surface area contributed by atoms with Crippen molar-refractivity contribution in [3.63, 3.8) is 0 Å². The van der Waals surface area contributed by atoms with Gasteiger partial charge in [-0.25, -0.2) is 0 Å². The van der Waals surface area contributed by atoms with Gasteiger partial charge < -0.3 is 20.1 Å². The molecular formula is C16H32O5. The van der Waals surface area contributed by atoms with Crippen LogP contribution in [-0.2, 0) is 9.53 Å². The van der Waals surface area contributed by atoms with Crippen molar-refractivity contribution in [2.75, 3.05) is 0 Å². The Balaban J connectivity index is 0.000000384. The van der Waals surface area contributed by atoms with Gasteiger partial charge in [0.15, 0.2) is 0 Å². The first kappa shape index (κ1) is 20.3. The van der Waals surface area contributed by atoms with Crippen LogP contribution >= 0.6 is 0 Å². The van der Waals surface area contributed by atoms with Gasteiger partial charge in [-0.05, 0) is 25.7 Å². The molecule has 1 saturated heterocycles. The summed E-state index contributed by atoms with van der Waals surface area (Å²) in [7, 11) is 0. The summed E-state index contributed by atoms with van der Waals surface area (Å²) in [5.41, 5.74) is 0. The van der Waals surface area contributed by atoms with Gasteiger partial charge in [0.2, 0.25) is 0 Å². The molecular weight excluding hydrogens is 272 g/mol. The molecule has 2 unspecified atom stereocenters. The quantitative estimate of drug-likeness (QED) is 0.627. The molecule has 126 valence electrons. The zero-order valence-corrected chi connectivity index (χ0v) is 13.6. The van der Waals surface area contributed by atoms with Crippen molar-refractivity contribution in [2.24, 2.45) is 0 Å². The number of cyclic esters (lactones) is 1. The van der Waals surface area contributed by atoms with Crippen molar-refractivity contribution in [3.05, 3.63) is 0 Å². The summed E-state index contributed by atoms with van der Waals surface area (Å²) in [6.07, 6.45) is 4.54. The predicted octanol–water partition coefficient (Wildman–Crippen LogP) is 2.16. The number of aliphatic hydroxyl groups is 3. The highest BCUT2D eigenvalue weighted by atomic mass is 16.5. The number of carbonyl (C=O) groups is 1. The highest BCUT2D eigenvalue weighted by molar-refractivity contribution is 5.70. The zero-order chi connectivity index (χ0) is 16.3. The van der Waals surface area contributed by atoms with Crippen molar-refractivity contribution in [2.45, 2.75) is 96.6 Å². The van der Waals surface area contributed by atoms with Crippen molar-refractivity contribution in [3.8, 4) is 0 Å². The third-order valence-corrected chi connectivity index (χ3v) is 3.48. The fourth-order valence-corrected chi connectivity index (χ4v) is 2.29. The van der Waals surface area contributed by atoms with Gasteiger partial charge in [0.25, 0.3) is 0 Å². The van der Waals surface area contributed by atoms with E-state index in [0.29, 0.717) is 12.8 Å². The van der Waals surface area contributed by atoms with E-state index in [0.717, 1.165) is 32.1 Å². The molecule has 0 aromatic carbocycles. The van der Waals surface area contributed by atoms with Crippen molar-refractivity contribution in [1.29, 1.82) is 0 Å². The Bertz CT molecular complexity index is 269. The topological polar surface area (TPSA) is 87.0 Å². The summed E-state index contributed by atoms with van der Waals surface area (Å²) >= 11 is 0. The van der Waals surface area contributed by atoms with Gasteiger partial charge in [0.1, 0.15) is 6.10 Å². The lowest BCUT2D eigenvalue weighted by atomic mass is 10.0. The van der Waals surface area contributed by atoms with Crippen LogP contribution in [0.3, 0.4) is 0 Å². The Morgan fingerprint density at radius 3 is 2.33 bits per heavy atom. The molecule has 1 aliphatic rings. The molecule has 1 fully saturated rings. The molecule has 0 aromatic heterocycles. The normalized spacial score (nSPS) is 24.6. The third-order valence-electron chi connectivity index (χ3n) is 3.48. The minimum atomic E-state index is -0.479. The fourth-order valence-electron chi connectivity index (χ4n) is 2.29. The molecule has 0 bridgehead atoms. The molecule has 1 aliphatic heterocycles. The van der Waals surface area contributed by atoms with E-state index < -0.39 is 6.10 Å². The molecule has 0 saturated carbocycles. The van der Waals surface area contributed by atoms with Crippen LogP contribution < -0.4 is 0 Å². The van der Waals surface area contributed by atoms with Gasteiger partial charge in [-0.2, -0.15) is 0 Å². The first-order valence-electron chi connectivity index (χ1n) is 8.16. The average molecular weight is 304 g/mol. The lowest BCUT2D eigenvalue weighted by Gasteiger charge is -2.25. The molecule has 5 heteroatoms. The van der Waals surface area contributed by atoms with Crippen LogP contribution in [0.1, 0.15) is 72.1 Å². The molecule has 0 amide bonds. The molecule has 0 aromatic rings. The van der Waals surface area contributed by atoms with Gasteiger partial charge in [-0.15, -0.1) is 0 Å². The van der Waals surface area contributed by atoms with Gasteiger partial charge in [-0.1, -0.05) is 33.6 Å². The standard InChI is InChI=1S/C8H14O3.C8H18O2/c1-2-3-7-4-6(9)5-8(10)11-7;1-3-5-8(10)6-7(9)4-2/h6-7,9H,2-5H2,1H3;7-10H,3-6H2,1-2H3/t6-,7?;7-,8?/m10/s1. The molecule has 0 aliphatic carbocycles. The van der Waals surface area contributed by atoms with E-state index >= 15 is 0 Å². The largest absolute Gasteiger partial charge is 0.462 e. The van der Waals surface area contributed by atoms with Crippen LogP contribution in [0.4, 0.5) is 0 Å². The van der Waals surface area contributed by atoms with Gasteiger partial charge in [-0.3, -0.25) is 4.79 Å². The summed E-state index contributed by atoms with van der Waals surface area (Å²) in [6, 6.07) is 0. The van der Waals surface area contributed by atoms with Crippen molar-refractivity contribution in [1.82, 2.24) is 0 Å². The summed E-state index contributed by atoms with van der Waals surface area (Å²) in [6.45, 7) is 5.99. The van der Waals surface area contributed by atoms with Crippen LogP contribution in [0, 0.1) is 0 Å². The molecule has 3 N–H and O–H groups in total. The number of hydrogen-bond acceptors (Lipinski definition) is 5. The number of hydrogen-bond donors (Lipinski definition) is 3. The summed E-state index contributed by atoms with van der Waals surface area (Å²) in [5, 5.41) is 27.5. The Kier molecular flexibility index (Phi) is 11.6. The van der Waals surface area contributed by atoms with E-state index in [1.807, 2.05) is 20.8 Å². The summed E-state index contributed by atoms with van der Waals surface area (Å²) in [5.74, 6) is -0.262. The van der Waals surface area contributed by atoms with E-state index in [2.05, 4.69) is 0 Å². The maximum atomic E-state index is 10.8.